The lowest BCUT2D eigenvalue weighted by molar-refractivity contribution is 0.509. The van der Waals surface area contributed by atoms with E-state index >= 15 is 0 Å². The number of benzene rings is 2. The summed E-state index contributed by atoms with van der Waals surface area (Å²) in [6.45, 7) is 4.09. The molecule has 146 valence electrons. The highest BCUT2D eigenvalue weighted by Crippen LogP contribution is 2.41. The second kappa shape index (κ2) is 7.48. The van der Waals surface area contributed by atoms with Crippen molar-refractivity contribution >= 4 is 11.8 Å². The Morgan fingerprint density at radius 1 is 1.03 bits per heavy atom. The van der Waals surface area contributed by atoms with Gasteiger partial charge in [0.1, 0.15) is 5.82 Å². The highest BCUT2D eigenvalue weighted by atomic mass is 32.2. The zero-order chi connectivity index (χ0) is 19.8. The third-order valence-corrected chi connectivity index (χ3v) is 5.86. The van der Waals surface area contributed by atoms with Crippen LogP contribution in [0.4, 0.5) is 0 Å². The zero-order valence-corrected chi connectivity index (χ0v) is 17.1. The molecular weight excluding hydrogens is 382 g/mol. The molecule has 7 heteroatoms. The predicted molar refractivity (Wildman–Crippen MR) is 112 cm³/mol. The second-order valence-electron chi connectivity index (χ2n) is 7.35. The molecule has 0 bridgehead atoms. The Balaban J connectivity index is 1.37. The van der Waals surface area contributed by atoms with Gasteiger partial charge in [-0.15, -0.1) is 15.3 Å². The first-order chi connectivity index (χ1) is 14.2. The molecule has 1 saturated carbocycles. The molecule has 0 unspecified atom stereocenters. The summed E-state index contributed by atoms with van der Waals surface area (Å²) in [5.74, 6) is 2.66. The van der Waals surface area contributed by atoms with Gasteiger partial charge in [0.05, 0.1) is 10.9 Å². The van der Waals surface area contributed by atoms with Crippen molar-refractivity contribution in [1.29, 1.82) is 0 Å². The minimum absolute atomic E-state index is 0.0413. The fourth-order valence-electron chi connectivity index (χ4n) is 3.14. The molecular formula is C22H21N5OS. The van der Waals surface area contributed by atoms with Gasteiger partial charge in [0.25, 0.3) is 0 Å². The van der Waals surface area contributed by atoms with Crippen molar-refractivity contribution in [3.63, 3.8) is 0 Å². The topological polar surface area (TPSA) is 69.6 Å². The molecule has 2 heterocycles. The highest BCUT2D eigenvalue weighted by Gasteiger charge is 2.31. The van der Waals surface area contributed by atoms with E-state index in [1.807, 2.05) is 54.1 Å². The Bertz CT molecular complexity index is 1120. The molecule has 0 spiro atoms. The number of hydrogen-bond acceptors (Lipinski definition) is 6. The Labute approximate surface area is 173 Å². The number of thioether (sulfide) groups is 1. The van der Waals surface area contributed by atoms with Crippen LogP contribution in [0.15, 0.2) is 64.2 Å². The van der Waals surface area contributed by atoms with E-state index in [1.54, 1.807) is 11.8 Å². The van der Waals surface area contributed by atoms with Crippen molar-refractivity contribution in [2.75, 3.05) is 0 Å². The maximum Gasteiger partial charge on any atom is 0.247 e. The fraction of sp³-hybridized carbons (Fsp3) is 0.273. The third kappa shape index (κ3) is 3.82. The molecule has 0 aliphatic heterocycles. The van der Waals surface area contributed by atoms with Crippen LogP contribution in [-0.2, 0) is 0 Å². The van der Waals surface area contributed by atoms with Gasteiger partial charge in [-0.1, -0.05) is 47.7 Å². The van der Waals surface area contributed by atoms with Gasteiger partial charge in [0.15, 0.2) is 0 Å². The van der Waals surface area contributed by atoms with Gasteiger partial charge in [0.2, 0.25) is 16.9 Å². The number of aromatic nitrogens is 5. The highest BCUT2D eigenvalue weighted by molar-refractivity contribution is 7.99. The van der Waals surface area contributed by atoms with Crippen LogP contribution in [-0.4, -0.2) is 25.0 Å². The van der Waals surface area contributed by atoms with Gasteiger partial charge in [-0.2, -0.15) is 0 Å². The van der Waals surface area contributed by atoms with Crippen LogP contribution in [0.2, 0.25) is 0 Å². The summed E-state index contributed by atoms with van der Waals surface area (Å²) >= 11 is 1.54. The molecule has 4 aromatic rings. The molecule has 29 heavy (non-hydrogen) atoms. The summed E-state index contributed by atoms with van der Waals surface area (Å²) in [4.78, 5) is 4.81. The van der Waals surface area contributed by atoms with Crippen LogP contribution >= 0.6 is 11.8 Å². The number of nitrogens with zero attached hydrogens (tertiary/aromatic N) is 5. The molecule has 0 amide bonds. The van der Waals surface area contributed by atoms with E-state index < -0.39 is 0 Å². The molecule has 1 aliphatic rings. The van der Waals surface area contributed by atoms with Crippen molar-refractivity contribution in [2.24, 2.45) is 0 Å². The van der Waals surface area contributed by atoms with Crippen molar-refractivity contribution in [3.8, 4) is 17.1 Å². The van der Waals surface area contributed by atoms with E-state index in [2.05, 4.69) is 29.3 Å². The quantitative estimate of drug-likeness (QED) is 0.404. The van der Waals surface area contributed by atoms with Crippen LogP contribution in [0.5, 0.6) is 0 Å². The van der Waals surface area contributed by atoms with Gasteiger partial charge in [-0.3, -0.25) is 0 Å². The van der Waals surface area contributed by atoms with Gasteiger partial charge < -0.3 is 4.42 Å². The van der Waals surface area contributed by atoms with Crippen molar-refractivity contribution in [3.05, 3.63) is 71.9 Å². The Morgan fingerprint density at radius 2 is 1.79 bits per heavy atom. The van der Waals surface area contributed by atoms with E-state index in [9.17, 15) is 0 Å². The molecule has 6 nitrogen and oxygen atoms in total. The van der Waals surface area contributed by atoms with Crippen LogP contribution in [0, 0.1) is 6.92 Å². The number of rotatable bonds is 6. The minimum Gasteiger partial charge on any atom is -0.419 e. The predicted octanol–water partition coefficient (Wildman–Crippen LogP) is 5.36. The second-order valence-corrected chi connectivity index (χ2v) is 8.65. The van der Waals surface area contributed by atoms with E-state index in [-0.39, 0.29) is 5.25 Å². The summed E-state index contributed by atoms with van der Waals surface area (Å²) in [6, 6.07) is 18.2. The Kier molecular flexibility index (Phi) is 4.67. The summed E-state index contributed by atoms with van der Waals surface area (Å²) in [5.41, 5.74) is 3.17. The molecule has 0 N–H and O–H groups in total. The zero-order valence-electron chi connectivity index (χ0n) is 16.3. The van der Waals surface area contributed by atoms with Gasteiger partial charge in [-0.25, -0.2) is 9.67 Å². The van der Waals surface area contributed by atoms with Crippen molar-refractivity contribution < 1.29 is 4.42 Å². The summed E-state index contributed by atoms with van der Waals surface area (Å²) in [6.07, 6.45) is 2.35. The molecule has 0 saturated heterocycles. The number of hydrogen-bond donors (Lipinski definition) is 0. The Morgan fingerprint density at radius 3 is 2.52 bits per heavy atom. The van der Waals surface area contributed by atoms with E-state index in [1.165, 1.54) is 18.4 Å². The first-order valence-corrected chi connectivity index (χ1v) is 10.6. The summed E-state index contributed by atoms with van der Waals surface area (Å²) in [5, 5.41) is 13.9. The smallest absolute Gasteiger partial charge is 0.247 e. The standard InChI is InChI=1S/C22H21N5OS/c1-14-8-10-17(11-9-14)21-25-24-20(28-21)15(2)29-22-23-19(16-12-13-16)27(26-22)18-6-4-3-5-7-18/h3-11,15-16H,12-13H2,1-2H3/t15-/m1/s1. The first kappa shape index (κ1) is 18.1. The van der Waals surface area contributed by atoms with Crippen LogP contribution in [0.1, 0.15) is 48.2 Å². The third-order valence-electron chi connectivity index (χ3n) is 4.93. The monoisotopic (exact) mass is 403 g/mol. The fourth-order valence-corrected chi connectivity index (χ4v) is 3.93. The van der Waals surface area contributed by atoms with Crippen molar-refractivity contribution in [2.45, 2.75) is 43.0 Å². The van der Waals surface area contributed by atoms with E-state index in [0.29, 0.717) is 17.7 Å². The maximum absolute atomic E-state index is 5.92. The largest absolute Gasteiger partial charge is 0.419 e. The SMILES string of the molecule is Cc1ccc(-c2nnc([C@@H](C)Sc3nc(C4CC4)n(-c4ccccc4)n3)o2)cc1. The van der Waals surface area contributed by atoms with Crippen LogP contribution < -0.4 is 0 Å². The van der Waals surface area contributed by atoms with Crippen molar-refractivity contribution in [1.82, 2.24) is 25.0 Å². The lowest BCUT2D eigenvalue weighted by Gasteiger charge is -2.04. The van der Waals surface area contributed by atoms with E-state index in [0.717, 1.165) is 22.2 Å². The maximum atomic E-state index is 5.92. The molecule has 0 radical (unpaired) electrons. The average Bonchev–Trinajstić information content (AvgIpc) is 3.31. The van der Waals surface area contributed by atoms with E-state index in [4.69, 9.17) is 14.5 Å². The molecule has 2 aromatic heterocycles. The molecule has 5 rings (SSSR count). The summed E-state index contributed by atoms with van der Waals surface area (Å²) < 4.78 is 7.89. The normalized spacial score (nSPS) is 14.8. The molecule has 1 fully saturated rings. The Hall–Kier alpha value is -2.93. The van der Waals surface area contributed by atoms with Crippen LogP contribution in [0.3, 0.4) is 0 Å². The number of para-hydroxylation sites is 1. The molecule has 2 aromatic carbocycles. The first-order valence-electron chi connectivity index (χ1n) is 9.77. The lowest BCUT2D eigenvalue weighted by atomic mass is 10.1. The van der Waals surface area contributed by atoms with Gasteiger partial charge in [0, 0.05) is 11.5 Å². The summed E-state index contributed by atoms with van der Waals surface area (Å²) in [7, 11) is 0. The van der Waals surface area contributed by atoms with Gasteiger partial charge >= 0.3 is 0 Å². The molecule has 1 aliphatic carbocycles. The van der Waals surface area contributed by atoms with Gasteiger partial charge in [-0.05, 0) is 51.0 Å². The number of aryl methyl sites for hydroxylation is 1. The molecule has 1 atom stereocenters. The van der Waals surface area contributed by atoms with Crippen LogP contribution in [0.25, 0.3) is 17.1 Å². The lowest BCUT2D eigenvalue weighted by Crippen LogP contribution is -2.01. The minimum atomic E-state index is -0.0413. The average molecular weight is 404 g/mol.